The monoisotopic (exact) mass is 719 g/mol. The van der Waals surface area contributed by atoms with Crippen LogP contribution in [-0.2, 0) is 32.2 Å². The van der Waals surface area contributed by atoms with Crippen molar-refractivity contribution < 1.29 is 33.2 Å². The predicted molar refractivity (Wildman–Crippen MR) is 206 cm³/mol. The standard InChI is InChI=1S/C41H46N6O6/c1-40(2,3)52-38(50)44-32-14-8-30(9-15-32)12-18-36(48)42-34-20-26-46(27-21-34)24-7-25-47-28-22-35(23-29-47)43-37(49)19-13-31-10-16-33(17-11-31)45-39(51)53-41(4,5)6/h8-23,26-29H,7,24-25H2,1-6H3,(H2,44,45,48,49,50,51)/p+1. The fraction of sp³-hybridized carbons (Fsp3) is 0.268. The molecule has 0 aliphatic heterocycles. The first-order valence-corrected chi connectivity index (χ1v) is 17.2. The van der Waals surface area contributed by atoms with Crippen molar-refractivity contribution in [1.82, 2.24) is 4.57 Å². The minimum Gasteiger partial charge on any atom is -0.444 e. The van der Waals surface area contributed by atoms with Gasteiger partial charge < -0.3 is 19.4 Å². The zero-order valence-electron chi connectivity index (χ0n) is 31.0. The van der Waals surface area contributed by atoms with E-state index in [1.807, 2.05) is 46.1 Å². The molecule has 2 aromatic carbocycles. The summed E-state index contributed by atoms with van der Waals surface area (Å²) in [6.07, 6.45) is 13.6. The number of carbonyl (C=O) groups is 4. The van der Waals surface area contributed by atoms with Gasteiger partial charge in [-0.05, 0) is 101 Å². The second-order valence-corrected chi connectivity index (χ2v) is 14.1. The van der Waals surface area contributed by atoms with Crippen molar-refractivity contribution >= 4 is 53.2 Å². The average molecular weight is 720 g/mol. The number of ether oxygens (including phenoxy) is 2. The van der Waals surface area contributed by atoms with E-state index >= 15 is 0 Å². The highest BCUT2D eigenvalue weighted by molar-refractivity contribution is 6.01. The van der Waals surface area contributed by atoms with Crippen molar-refractivity contribution in [3.05, 3.63) is 126 Å². The summed E-state index contributed by atoms with van der Waals surface area (Å²) in [6.45, 7) is 12.3. The molecule has 0 aliphatic carbocycles. The summed E-state index contributed by atoms with van der Waals surface area (Å²) in [7, 11) is 0. The number of hydrogen-bond donors (Lipinski definition) is 3. The van der Waals surface area contributed by atoms with Crippen LogP contribution in [0.4, 0.5) is 26.7 Å². The molecular weight excluding hydrogens is 672 g/mol. The van der Waals surface area contributed by atoms with Crippen molar-refractivity contribution in [2.45, 2.75) is 72.3 Å². The van der Waals surface area contributed by atoms with Gasteiger partial charge in [0.05, 0.1) is 11.0 Å². The number of nitrogens with zero attached hydrogens (tertiary/aromatic N) is 3. The first-order chi connectivity index (χ1) is 25.1. The number of carbonyl (C=O) groups excluding carboxylic acids is 4. The molecule has 2 aromatic heterocycles. The lowest BCUT2D eigenvalue weighted by atomic mass is 10.2. The van der Waals surface area contributed by atoms with Gasteiger partial charge in [-0.2, -0.15) is 0 Å². The molecule has 4 rings (SSSR count). The van der Waals surface area contributed by atoms with E-state index in [1.165, 1.54) is 12.2 Å². The van der Waals surface area contributed by atoms with Crippen LogP contribution in [0.25, 0.3) is 12.2 Å². The molecule has 0 fully saturated rings. The van der Waals surface area contributed by atoms with E-state index in [0.29, 0.717) is 22.4 Å². The molecule has 0 unspecified atom stereocenters. The molecule has 0 radical (unpaired) electrons. The Morgan fingerprint density at radius 2 is 1.13 bits per heavy atom. The molecule has 0 saturated heterocycles. The minimum absolute atomic E-state index is 0.260. The molecule has 12 heteroatoms. The van der Waals surface area contributed by atoms with Crippen LogP contribution >= 0.6 is 0 Å². The fourth-order valence-corrected chi connectivity index (χ4v) is 4.68. The zero-order valence-corrected chi connectivity index (χ0v) is 31.0. The Balaban J connectivity index is 1.17. The summed E-state index contributed by atoms with van der Waals surface area (Å²) in [6, 6.07) is 21.4. The number of rotatable bonds is 11. The second kappa shape index (κ2) is 18.3. The van der Waals surface area contributed by atoms with E-state index in [1.54, 1.807) is 114 Å². The van der Waals surface area contributed by atoms with Crippen LogP contribution < -0.4 is 25.9 Å². The number of aryl methyl sites for hydroxylation is 2. The third-order valence-electron chi connectivity index (χ3n) is 7.06. The van der Waals surface area contributed by atoms with Gasteiger partial charge in [0, 0.05) is 61.0 Å². The lowest BCUT2D eigenvalue weighted by molar-refractivity contribution is -0.697. The van der Waals surface area contributed by atoms with Crippen LogP contribution in [-0.4, -0.2) is 39.8 Å². The van der Waals surface area contributed by atoms with Gasteiger partial charge in [0.1, 0.15) is 17.7 Å². The van der Waals surface area contributed by atoms with Crippen LogP contribution in [0.5, 0.6) is 0 Å². The van der Waals surface area contributed by atoms with E-state index in [-0.39, 0.29) is 11.8 Å². The highest BCUT2D eigenvalue weighted by Gasteiger charge is 2.17. The van der Waals surface area contributed by atoms with Crippen molar-refractivity contribution in [3.63, 3.8) is 0 Å². The number of nitrogens with one attached hydrogen (secondary N) is 3. The van der Waals surface area contributed by atoms with Gasteiger partial charge >= 0.3 is 12.2 Å². The van der Waals surface area contributed by atoms with Crippen LogP contribution in [0.1, 0.15) is 59.1 Å². The molecule has 3 N–H and O–H groups in total. The highest BCUT2D eigenvalue weighted by Crippen LogP contribution is 2.15. The largest absolute Gasteiger partial charge is 0.444 e. The average Bonchev–Trinajstić information content (AvgIpc) is 3.07. The van der Waals surface area contributed by atoms with Crippen LogP contribution in [0.2, 0.25) is 0 Å². The summed E-state index contributed by atoms with van der Waals surface area (Å²) in [5.74, 6) is -0.643. The van der Waals surface area contributed by atoms with Crippen molar-refractivity contribution in [2.24, 2.45) is 4.99 Å². The molecule has 4 aromatic rings. The normalized spacial score (nSPS) is 11.6. The third-order valence-corrected chi connectivity index (χ3v) is 7.06. The highest BCUT2D eigenvalue weighted by atomic mass is 16.6. The molecule has 0 spiro atoms. The smallest absolute Gasteiger partial charge is 0.412 e. The van der Waals surface area contributed by atoms with Crippen LogP contribution in [0.3, 0.4) is 0 Å². The molecular formula is C41H47N6O6+. The van der Waals surface area contributed by atoms with E-state index in [0.717, 1.165) is 30.6 Å². The van der Waals surface area contributed by atoms with Crippen LogP contribution in [0.15, 0.2) is 115 Å². The van der Waals surface area contributed by atoms with Crippen molar-refractivity contribution in [1.29, 1.82) is 0 Å². The molecule has 2 heterocycles. The summed E-state index contributed by atoms with van der Waals surface area (Å²) >= 11 is 0. The Bertz CT molecular complexity index is 1980. The molecule has 0 atom stereocenters. The number of amides is 4. The Morgan fingerprint density at radius 1 is 0.660 bits per heavy atom. The zero-order chi connectivity index (χ0) is 38.4. The molecule has 0 saturated carbocycles. The molecule has 276 valence electrons. The first-order valence-electron chi connectivity index (χ1n) is 17.2. The lowest BCUT2D eigenvalue weighted by Gasteiger charge is -2.19. The summed E-state index contributed by atoms with van der Waals surface area (Å²) < 4.78 is 14.6. The topological polar surface area (TPSA) is 144 Å². The summed E-state index contributed by atoms with van der Waals surface area (Å²) in [5.41, 5.74) is 2.28. The van der Waals surface area contributed by atoms with Crippen molar-refractivity contribution in [2.75, 3.05) is 16.0 Å². The Morgan fingerprint density at radius 3 is 1.62 bits per heavy atom. The second-order valence-electron chi connectivity index (χ2n) is 14.1. The number of anilines is 3. The molecule has 4 amide bonds. The number of benzene rings is 2. The summed E-state index contributed by atoms with van der Waals surface area (Å²) in [5, 5.41) is 8.77. The summed E-state index contributed by atoms with van der Waals surface area (Å²) in [4.78, 5) is 52.9. The number of hydrogen-bond acceptors (Lipinski definition) is 6. The maximum atomic E-state index is 12.5. The molecule has 0 bridgehead atoms. The van der Waals surface area contributed by atoms with Gasteiger partial charge in [-0.25, -0.2) is 19.1 Å². The van der Waals surface area contributed by atoms with Crippen molar-refractivity contribution in [3.8, 4) is 0 Å². The quantitative estimate of drug-likeness (QED) is 0.109. The maximum absolute atomic E-state index is 12.5. The van der Waals surface area contributed by atoms with Gasteiger partial charge in [0.15, 0.2) is 12.4 Å². The molecule has 0 aliphatic rings. The van der Waals surface area contributed by atoms with E-state index in [4.69, 9.17) is 9.47 Å². The van der Waals surface area contributed by atoms with Gasteiger partial charge in [-0.3, -0.25) is 20.2 Å². The SMILES string of the molecule is CC(C)(C)OC(=O)Nc1ccc(C=CC(=O)N=c2ccn(CCC[n+]3ccc(NC(=O)C=Cc4ccc(NC(=O)OC(C)(C)C)cc4)cc3)cc2)cc1. The minimum atomic E-state index is -0.586. The predicted octanol–water partition coefficient (Wildman–Crippen LogP) is 7.35. The Hall–Kier alpha value is -6.30. The fourth-order valence-electron chi connectivity index (χ4n) is 4.68. The van der Waals surface area contributed by atoms with Gasteiger partial charge in [-0.15, -0.1) is 0 Å². The first kappa shape index (κ1) is 39.5. The van der Waals surface area contributed by atoms with Gasteiger partial charge in [0.2, 0.25) is 5.91 Å². The Kier molecular flexibility index (Phi) is 13.6. The van der Waals surface area contributed by atoms with E-state index in [2.05, 4.69) is 20.9 Å². The lowest BCUT2D eigenvalue weighted by Crippen LogP contribution is -2.33. The maximum Gasteiger partial charge on any atom is 0.412 e. The van der Waals surface area contributed by atoms with Crippen LogP contribution in [0, 0.1) is 0 Å². The van der Waals surface area contributed by atoms with E-state index in [9.17, 15) is 19.2 Å². The Labute approximate surface area is 309 Å². The molecule has 53 heavy (non-hydrogen) atoms. The number of pyridine rings is 2. The molecule has 12 nitrogen and oxygen atoms in total. The third kappa shape index (κ3) is 15.2. The van der Waals surface area contributed by atoms with Gasteiger partial charge in [0.25, 0.3) is 5.91 Å². The van der Waals surface area contributed by atoms with Gasteiger partial charge in [-0.1, -0.05) is 24.3 Å². The van der Waals surface area contributed by atoms with E-state index < -0.39 is 23.4 Å². The number of aromatic nitrogens is 2.